The van der Waals surface area contributed by atoms with Gasteiger partial charge in [0.1, 0.15) is 0 Å². The maximum absolute atomic E-state index is 12.4. The first kappa shape index (κ1) is 13.4. The Labute approximate surface area is 124 Å². The molecule has 0 saturated heterocycles. The van der Waals surface area contributed by atoms with E-state index < -0.39 is 0 Å². The Morgan fingerprint density at radius 3 is 2.71 bits per heavy atom. The zero-order chi connectivity index (χ0) is 14.7. The van der Waals surface area contributed by atoms with Gasteiger partial charge in [-0.15, -0.1) is 0 Å². The predicted octanol–water partition coefficient (Wildman–Crippen LogP) is 3.26. The second-order valence-corrected chi connectivity index (χ2v) is 5.18. The highest BCUT2D eigenvalue weighted by Gasteiger charge is 2.21. The molecule has 0 radical (unpaired) electrons. The molecule has 3 heteroatoms. The topological polar surface area (TPSA) is 46.3 Å². The van der Waals surface area contributed by atoms with Crippen LogP contribution in [0.15, 0.2) is 54.6 Å². The van der Waals surface area contributed by atoms with Crippen LogP contribution in [0.25, 0.3) is 6.08 Å². The largest absolute Gasteiger partial charge is 0.398 e. The molecule has 106 valence electrons. The summed E-state index contributed by atoms with van der Waals surface area (Å²) in [6.07, 6.45) is 5.37. The fraction of sp³-hybridized carbons (Fsp3) is 0.167. The number of carbonyl (C=O) groups is 1. The van der Waals surface area contributed by atoms with E-state index in [0.717, 1.165) is 41.9 Å². The molecule has 0 spiro atoms. The Hall–Kier alpha value is -2.55. The smallest absolute Gasteiger partial charge is 0.250 e. The number of hydrogen-bond donors (Lipinski definition) is 1. The van der Waals surface area contributed by atoms with E-state index in [1.807, 2.05) is 59.5 Å². The van der Waals surface area contributed by atoms with Crippen LogP contribution in [0.5, 0.6) is 0 Å². The van der Waals surface area contributed by atoms with Crippen LogP contribution in [0.3, 0.4) is 0 Å². The number of carbonyl (C=O) groups excluding carboxylic acids is 1. The van der Waals surface area contributed by atoms with Gasteiger partial charge in [0.2, 0.25) is 0 Å². The number of anilines is 2. The van der Waals surface area contributed by atoms with Crippen molar-refractivity contribution in [2.45, 2.75) is 12.8 Å². The van der Waals surface area contributed by atoms with Gasteiger partial charge in [-0.2, -0.15) is 0 Å². The molecule has 2 aromatic rings. The van der Waals surface area contributed by atoms with E-state index in [9.17, 15) is 4.79 Å². The van der Waals surface area contributed by atoms with Gasteiger partial charge in [-0.25, -0.2) is 0 Å². The quantitative estimate of drug-likeness (QED) is 0.677. The maximum atomic E-state index is 12.4. The van der Waals surface area contributed by atoms with Gasteiger partial charge in [0.15, 0.2) is 0 Å². The molecular weight excluding hydrogens is 260 g/mol. The number of rotatable bonds is 2. The molecule has 1 aliphatic heterocycles. The molecule has 0 aliphatic carbocycles. The first-order chi connectivity index (χ1) is 10.3. The Kier molecular flexibility index (Phi) is 3.73. The Balaban J connectivity index is 1.84. The number of nitrogen functional groups attached to an aromatic ring is 1. The van der Waals surface area contributed by atoms with Gasteiger partial charge < -0.3 is 10.6 Å². The molecule has 0 aromatic heterocycles. The van der Waals surface area contributed by atoms with Crippen LogP contribution in [-0.4, -0.2) is 12.5 Å². The van der Waals surface area contributed by atoms with Crippen LogP contribution in [0.1, 0.15) is 17.5 Å². The SMILES string of the molecule is Nc1cccc2c1CCCN2C(=O)/C=C/c1ccccc1. The van der Waals surface area contributed by atoms with Crippen molar-refractivity contribution in [1.29, 1.82) is 0 Å². The Morgan fingerprint density at radius 1 is 1.10 bits per heavy atom. The molecule has 1 heterocycles. The van der Waals surface area contributed by atoms with Crippen molar-refractivity contribution in [2.75, 3.05) is 17.2 Å². The first-order valence-electron chi connectivity index (χ1n) is 7.18. The molecule has 21 heavy (non-hydrogen) atoms. The lowest BCUT2D eigenvalue weighted by Gasteiger charge is -2.29. The molecule has 1 amide bonds. The minimum Gasteiger partial charge on any atom is -0.398 e. The van der Waals surface area contributed by atoms with Crippen molar-refractivity contribution in [3.8, 4) is 0 Å². The summed E-state index contributed by atoms with van der Waals surface area (Å²) in [5, 5.41) is 0. The van der Waals surface area contributed by atoms with E-state index in [-0.39, 0.29) is 5.91 Å². The molecule has 2 aromatic carbocycles. The minimum absolute atomic E-state index is 0.00500. The normalized spacial score (nSPS) is 14.2. The van der Waals surface area contributed by atoms with Gasteiger partial charge in [-0.1, -0.05) is 36.4 Å². The third kappa shape index (κ3) is 2.82. The van der Waals surface area contributed by atoms with Crippen molar-refractivity contribution >= 4 is 23.4 Å². The van der Waals surface area contributed by atoms with Crippen LogP contribution in [0.4, 0.5) is 11.4 Å². The highest BCUT2D eigenvalue weighted by Crippen LogP contribution is 2.31. The van der Waals surface area contributed by atoms with Crippen LogP contribution in [-0.2, 0) is 11.2 Å². The number of nitrogens with zero attached hydrogens (tertiary/aromatic N) is 1. The third-order valence-electron chi connectivity index (χ3n) is 3.77. The Morgan fingerprint density at radius 2 is 1.90 bits per heavy atom. The molecule has 1 aliphatic rings. The lowest BCUT2D eigenvalue weighted by Crippen LogP contribution is -2.34. The lowest BCUT2D eigenvalue weighted by molar-refractivity contribution is -0.114. The number of fused-ring (bicyclic) bond motifs is 1. The molecule has 3 nitrogen and oxygen atoms in total. The second kappa shape index (κ2) is 5.83. The molecule has 0 atom stereocenters. The van der Waals surface area contributed by atoms with Crippen molar-refractivity contribution in [3.63, 3.8) is 0 Å². The summed E-state index contributed by atoms with van der Waals surface area (Å²) in [6, 6.07) is 15.6. The van der Waals surface area contributed by atoms with Gasteiger partial charge in [-0.3, -0.25) is 4.79 Å². The standard InChI is InChI=1S/C18H18N2O/c19-16-9-4-10-17-15(16)8-5-13-20(17)18(21)12-11-14-6-2-1-3-7-14/h1-4,6-7,9-12H,5,8,13,19H2/b12-11+. The average molecular weight is 278 g/mol. The summed E-state index contributed by atoms with van der Waals surface area (Å²) in [7, 11) is 0. The van der Waals surface area contributed by atoms with Crippen LogP contribution in [0, 0.1) is 0 Å². The van der Waals surface area contributed by atoms with Gasteiger partial charge in [0, 0.05) is 24.0 Å². The van der Waals surface area contributed by atoms with E-state index in [0.29, 0.717) is 0 Å². The molecule has 0 bridgehead atoms. The Bertz CT molecular complexity index is 677. The van der Waals surface area contributed by atoms with E-state index in [1.165, 1.54) is 0 Å². The monoisotopic (exact) mass is 278 g/mol. The molecule has 0 unspecified atom stereocenters. The van der Waals surface area contributed by atoms with Gasteiger partial charge in [0.05, 0.1) is 0 Å². The minimum atomic E-state index is 0.00500. The van der Waals surface area contributed by atoms with E-state index in [2.05, 4.69) is 0 Å². The summed E-state index contributed by atoms with van der Waals surface area (Å²) >= 11 is 0. The van der Waals surface area contributed by atoms with Crippen molar-refractivity contribution in [3.05, 3.63) is 65.7 Å². The summed E-state index contributed by atoms with van der Waals surface area (Å²) in [5.41, 5.74) is 9.85. The number of nitrogens with two attached hydrogens (primary N) is 1. The van der Waals surface area contributed by atoms with E-state index in [1.54, 1.807) is 6.08 Å². The summed E-state index contributed by atoms with van der Waals surface area (Å²) in [6.45, 7) is 0.744. The average Bonchev–Trinajstić information content (AvgIpc) is 2.53. The summed E-state index contributed by atoms with van der Waals surface area (Å²) < 4.78 is 0. The zero-order valence-electron chi connectivity index (χ0n) is 11.8. The van der Waals surface area contributed by atoms with Crippen molar-refractivity contribution in [2.24, 2.45) is 0 Å². The van der Waals surface area contributed by atoms with Crippen LogP contribution >= 0.6 is 0 Å². The molecule has 0 fully saturated rings. The van der Waals surface area contributed by atoms with E-state index >= 15 is 0 Å². The number of benzene rings is 2. The summed E-state index contributed by atoms with van der Waals surface area (Å²) in [4.78, 5) is 14.3. The first-order valence-corrected chi connectivity index (χ1v) is 7.18. The van der Waals surface area contributed by atoms with Gasteiger partial charge in [0.25, 0.3) is 5.91 Å². The van der Waals surface area contributed by atoms with Crippen molar-refractivity contribution in [1.82, 2.24) is 0 Å². The lowest BCUT2D eigenvalue weighted by atomic mass is 10.00. The second-order valence-electron chi connectivity index (χ2n) is 5.18. The van der Waals surface area contributed by atoms with Gasteiger partial charge >= 0.3 is 0 Å². The highest BCUT2D eigenvalue weighted by atomic mass is 16.2. The fourth-order valence-corrected chi connectivity index (χ4v) is 2.70. The van der Waals surface area contributed by atoms with E-state index in [4.69, 9.17) is 5.73 Å². The number of amides is 1. The molecule has 3 rings (SSSR count). The van der Waals surface area contributed by atoms with Crippen molar-refractivity contribution < 1.29 is 4.79 Å². The highest BCUT2D eigenvalue weighted by molar-refractivity contribution is 6.05. The molecular formula is C18H18N2O. The van der Waals surface area contributed by atoms with Gasteiger partial charge in [-0.05, 0) is 42.2 Å². The summed E-state index contributed by atoms with van der Waals surface area (Å²) in [5.74, 6) is 0.00500. The van der Waals surface area contributed by atoms with Crippen LogP contribution in [0.2, 0.25) is 0 Å². The zero-order valence-corrected chi connectivity index (χ0v) is 11.8. The molecule has 2 N–H and O–H groups in total. The molecule has 0 saturated carbocycles. The van der Waals surface area contributed by atoms with Crippen LogP contribution < -0.4 is 10.6 Å². The fourth-order valence-electron chi connectivity index (χ4n) is 2.70. The predicted molar refractivity (Wildman–Crippen MR) is 87.0 cm³/mol. The number of hydrogen-bond acceptors (Lipinski definition) is 2. The maximum Gasteiger partial charge on any atom is 0.250 e. The third-order valence-corrected chi connectivity index (χ3v) is 3.77.